The maximum Gasteiger partial charge on any atom is 0.229 e. The van der Waals surface area contributed by atoms with Gasteiger partial charge in [0.05, 0.1) is 37.2 Å². The number of methoxy groups -OCH3 is 1. The van der Waals surface area contributed by atoms with E-state index in [1.165, 1.54) is 6.20 Å². The molecule has 0 aliphatic heterocycles. The Labute approximate surface area is 221 Å². The summed E-state index contributed by atoms with van der Waals surface area (Å²) in [7, 11) is 1.57. The lowest BCUT2D eigenvalue weighted by Crippen LogP contribution is -2.14. The molecular formula is C28H28ClN5O3. The van der Waals surface area contributed by atoms with Gasteiger partial charge in [0.2, 0.25) is 11.9 Å². The first-order valence-corrected chi connectivity index (χ1v) is 12.1. The zero-order valence-corrected chi connectivity index (χ0v) is 21.5. The van der Waals surface area contributed by atoms with Gasteiger partial charge < -0.3 is 25.4 Å². The van der Waals surface area contributed by atoms with E-state index in [9.17, 15) is 4.79 Å². The number of halogens is 1. The summed E-state index contributed by atoms with van der Waals surface area (Å²) in [6.07, 6.45) is 1.71. The fraction of sp³-hybridized carbons (Fsp3) is 0.179. The molecule has 0 saturated carbocycles. The van der Waals surface area contributed by atoms with Crippen LogP contribution in [0.5, 0.6) is 11.5 Å². The van der Waals surface area contributed by atoms with Gasteiger partial charge in [-0.1, -0.05) is 48.0 Å². The van der Waals surface area contributed by atoms with Crippen LogP contribution < -0.4 is 25.4 Å². The summed E-state index contributed by atoms with van der Waals surface area (Å²) in [6.45, 7) is 3.92. The average molecular weight is 518 g/mol. The van der Waals surface area contributed by atoms with E-state index in [0.717, 1.165) is 16.9 Å². The Kier molecular flexibility index (Phi) is 8.43. The molecule has 0 aliphatic rings. The molecule has 1 heterocycles. The monoisotopic (exact) mass is 517 g/mol. The molecule has 4 aromatic rings. The topological polar surface area (TPSA) is 97.4 Å². The van der Waals surface area contributed by atoms with Crippen LogP contribution in [0, 0.1) is 0 Å². The first-order chi connectivity index (χ1) is 17.9. The Bertz CT molecular complexity index is 1370. The van der Waals surface area contributed by atoms with Gasteiger partial charge in [0.25, 0.3) is 0 Å². The van der Waals surface area contributed by atoms with Crippen molar-refractivity contribution >= 4 is 46.3 Å². The van der Waals surface area contributed by atoms with Crippen LogP contribution in [-0.4, -0.2) is 29.1 Å². The number of hydrogen-bond acceptors (Lipinski definition) is 7. The fourth-order valence-electron chi connectivity index (χ4n) is 3.56. The third-order valence-corrected chi connectivity index (χ3v) is 5.46. The smallest absolute Gasteiger partial charge is 0.229 e. The van der Waals surface area contributed by atoms with Gasteiger partial charge in [-0.3, -0.25) is 4.79 Å². The van der Waals surface area contributed by atoms with E-state index in [2.05, 4.69) is 25.9 Å². The third-order valence-electron chi connectivity index (χ3n) is 5.18. The number of anilines is 5. The first kappa shape index (κ1) is 25.8. The predicted molar refractivity (Wildman–Crippen MR) is 148 cm³/mol. The quantitative estimate of drug-likeness (QED) is 0.218. The van der Waals surface area contributed by atoms with Gasteiger partial charge in [-0.25, -0.2) is 4.98 Å². The molecule has 0 bridgehead atoms. The van der Waals surface area contributed by atoms with Crippen LogP contribution in [0.25, 0.3) is 0 Å². The van der Waals surface area contributed by atoms with Crippen molar-refractivity contribution < 1.29 is 14.3 Å². The Morgan fingerprint density at radius 2 is 1.70 bits per heavy atom. The van der Waals surface area contributed by atoms with Crippen LogP contribution in [0.1, 0.15) is 19.4 Å². The molecule has 3 N–H and O–H groups in total. The van der Waals surface area contributed by atoms with Crippen LogP contribution in [-0.2, 0) is 11.2 Å². The normalized spacial score (nSPS) is 10.6. The van der Waals surface area contributed by atoms with E-state index in [1.54, 1.807) is 13.2 Å². The minimum absolute atomic E-state index is 0.00978. The van der Waals surface area contributed by atoms with Gasteiger partial charge in [-0.2, -0.15) is 4.98 Å². The zero-order chi connectivity index (χ0) is 26.2. The fourth-order valence-corrected chi connectivity index (χ4v) is 3.70. The lowest BCUT2D eigenvalue weighted by Gasteiger charge is -2.16. The van der Waals surface area contributed by atoms with Crippen LogP contribution >= 0.6 is 11.6 Å². The molecule has 1 amide bonds. The largest absolute Gasteiger partial charge is 0.495 e. The molecule has 0 spiro atoms. The second-order valence-electron chi connectivity index (χ2n) is 8.43. The van der Waals surface area contributed by atoms with Crippen molar-refractivity contribution in [3.63, 3.8) is 0 Å². The zero-order valence-electron chi connectivity index (χ0n) is 20.8. The number of carbonyl (C=O) groups is 1. The number of amides is 1. The van der Waals surface area contributed by atoms with Gasteiger partial charge in [0, 0.05) is 5.69 Å². The highest BCUT2D eigenvalue weighted by atomic mass is 35.5. The number of aromatic nitrogens is 2. The summed E-state index contributed by atoms with van der Waals surface area (Å²) >= 11 is 6.39. The Morgan fingerprint density at radius 3 is 2.46 bits per heavy atom. The van der Waals surface area contributed by atoms with Gasteiger partial charge in [0.1, 0.15) is 16.5 Å². The number of nitrogens with one attached hydrogen (secondary N) is 3. The molecule has 0 unspecified atom stereocenters. The molecule has 37 heavy (non-hydrogen) atoms. The SMILES string of the molecule is COc1ccc(CC(=O)Nc2ccccc2)cc1Nc1ncc(Cl)c(Nc2ccccc2OC(C)C)n1. The molecule has 8 nitrogen and oxygen atoms in total. The van der Waals surface area contributed by atoms with Gasteiger partial charge >= 0.3 is 0 Å². The first-order valence-electron chi connectivity index (χ1n) is 11.8. The van der Waals surface area contributed by atoms with Crippen LogP contribution in [0.2, 0.25) is 5.02 Å². The Balaban J connectivity index is 1.53. The van der Waals surface area contributed by atoms with Crippen LogP contribution in [0.4, 0.5) is 28.8 Å². The van der Waals surface area contributed by atoms with Crippen molar-refractivity contribution in [3.8, 4) is 11.5 Å². The molecule has 4 rings (SSSR count). The second-order valence-corrected chi connectivity index (χ2v) is 8.84. The minimum Gasteiger partial charge on any atom is -0.495 e. The maximum atomic E-state index is 12.5. The van der Waals surface area contributed by atoms with E-state index in [1.807, 2.05) is 80.6 Å². The molecule has 9 heteroatoms. The minimum atomic E-state index is -0.126. The molecule has 0 aliphatic carbocycles. The number of benzene rings is 3. The van der Waals surface area contributed by atoms with E-state index in [0.29, 0.717) is 34.0 Å². The van der Waals surface area contributed by atoms with Crippen molar-refractivity contribution in [2.45, 2.75) is 26.4 Å². The highest BCUT2D eigenvalue weighted by Gasteiger charge is 2.13. The summed E-state index contributed by atoms with van der Waals surface area (Å²) in [5.74, 6) is 1.86. The highest BCUT2D eigenvalue weighted by Crippen LogP contribution is 2.32. The predicted octanol–water partition coefficient (Wildman–Crippen LogP) is 6.59. The number of ether oxygens (including phenoxy) is 2. The van der Waals surface area contributed by atoms with Crippen molar-refractivity contribution in [3.05, 3.63) is 89.6 Å². The molecular weight excluding hydrogens is 490 g/mol. The van der Waals surface area contributed by atoms with E-state index in [4.69, 9.17) is 21.1 Å². The lowest BCUT2D eigenvalue weighted by atomic mass is 10.1. The summed E-state index contributed by atoms with van der Waals surface area (Å²) in [4.78, 5) is 21.4. The van der Waals surface area contributed by atoms with Gasteiger partial charge in [-0.05, 0) is 55.8 Å². The molecule has 0 fully saturated rings. The Hall–Kier alpha value is -4.30. The molecule has 1 aromatic heterocycles. The van der Waals surface area contributed by atoms with Crippen molar-refractivity contribution in [1.29, 1.82) is 0 Å². The van der Waals surface area contributed by atoms with E-state index in [-0.39, 0.29) is 18.4 Å². The number of para-hydroxylation sites is 3. The van der Waals surface area contributed by atoms with E-state index >= 15 is 0 Å². The van der Waals surface area contributed by atoms with Crippen LogP contribution in [0.3, 0.4) is 0 Å². The molecule has 0 radical (unpaired) electrons. The van der Waals surface area contributed by atoms with Crippen molar-refractivity contribution in [2.24, 2.45) is 0 Å². The van der Waals surface area contributed by atoms with Gasteiger partial charge in [0.15, 0.2) is 5.82 Å². The Morgan fingerprint density at radius 1 is 0.946 bits per heavy atom. The highest BCUT2D eigenvalue weighted by molar-refractivity contribution is 6.33. The second kappa shape index (κ2) is 12.1. The summed E-state index contributed by atoms with van der Waals surface area (Å²) < 4.78 is 11.4. The average Bonchev–Trinajstić information content (AvgIpc) is 2.87. The number of nitrogens with zero attached hydrogens (tertiary/aromatic N) is 2. The molecule has 0 atom stereocenters. The summed E-state index contributed by atoms with van der Waals surface area (Å²) in [6, 6.07) is 22.4. The lowest BCUT2D eigenvalue weighted by molar-refractivity contribution is -0.115. The number of hydrogen-bond donors (Lipinski definition) is 3. The maximum absolute atomic E-state index is 12.5. The third kappa shape index (κ3) is 7.11. The summed E-state index contributed by atoms with van der Waals surface area (Å²) in [5.41, 5.74) is 2.88. The molecule has 3 aromatic carbocycles. The van der Waals surface area contributed by atoms with Crippen molar-refractivity contribution in [2.75, 3.05) is 23.1 Å². The van der Waals surface area contributed by atoms with E-state index < -0.39 is 0 Å². The van der Waals surface area contributed by atoms with Crippen LogP contribution in [0.15, 0.2) is 79.0 Å². The standard InChI is InChI=1S/C28H28ClN5O3/c1-18(2)37-25-12-8-7-11-22(25)32-27-21(29)17-30-28(34-27)33-23-15-19(13-14-24(23)36-3)16-26(35)31-20-9-5-4-6-10-20/h4-15,17-18H,16H2,1-3H3,(H,31,35)(H2,30,32,33,34). The summed E-state index contributed by atoms with van der Waals surface area (Å²) in [5, 5.41) is 9.65. The molecule has 190 valence electrons. The van der Waals surface area contributed by atoms with Gasteiger partial charge in [-0.15, -0.1) is 0 Å². The molecule has 0 saturated heterocycles. The number of carbonyl (C=O) groups excluding carboxylic acids is 1. The number of rotatable bonds is 10. The van der Waals surface area contributed by atoms with Crippen molar-refractivity contribution in [1.82, 2.24) is 9.97 Å².